The van der Waals surface area contributed by atoms with Crippen LogP contribution in [-0.2, 0) is 76.5 Å². The van der Waals surface area contributed by atoms with Gasteiger partial charge in [-0.25, -0.2) is 9.59 Å². The molecular weight excluding hydrogens is 917 g/mol. The average Bonchev–Trinajstić information content (AvgIpc) is 3.38. The number of unbranched alkanes of at least 4 members (excludes halogenated alkanes) is 2. The zero-order valence-electron chi connectivity index (χ0n) is 43.9. The minimum Gasteiger partial charge on any atom is -0.492 e. The summed E-state index contributed by atoms with van der Waals surface area (Å²) in [6.45, 7) is 16.3. The van der Waals surface area contributed by atoms with E-state index in [-0.39, 0.29) is 50.6 Å². The minimum atomic E-state index is -1.16. The van der Waals surface area contributed by atoms with Crippen LogP contribution in [0.4, 0.5) is 0 Å². The van der Waals surface area contributed by atoms with E-state index in [1.54, 1.807) is 13.8 Å². The van der Waals surface area contributed by atoms with E-state index < -0.39 is 54.1 Å². The SMILES string of the molecule is C=C(C)C(=O)OCCCc1cc(-c2ccc(-c3ccc(C4CCC(CCCCC)CC4)cc3)cc2CC)cc(CCCOC(=O)C(=C)C)c1OCC(CC)(COC(=O)CC(=O)OC)COC(=O)CC(=O)OC. The highest BCUT2D eigenvalue weighted by molar-refractivity contribution is 5.92. The van der Waals surface area contributed by atoms with E-state index in [2.05, 4.69) is 91.1 Å². The van der Waals surface area contributed by atoms with Crippen LogP contribution in [-0.4, -0.2) is 83.1 Å². The number of rotatable bonds is 30. The normalized spacial score (nSPS) is 14.4. The maximum absolute atomic E-state index is 12.8. The van der Waals surface area contributed by atoms with Crippen molar-refractivity contribution in [2.45, 2.75) is 143 Å². The third kappa shape index (κ3) is 18.4. The lowest BCUT2D eigenvalue weighted by Gasteiger charge is -2.32. The van der Waals surface area contributed by atoms with Gasteiger partial charge in [0.05, 0.1) is 32.8 Å². The van der Waals surface area contributed by atoms with E-state index in [1.165, 1.54) is 56.9 Å². The first-order valence-corrected chi connectivity index (χ1v) is 25.7. The summed E-state index contributed by atoms with van der Waals surface area (Å²) < 4.78 is 38.3. The highest BCUT2D eigenvalue weighted by Gasteiger charge is 2.35. The maximum atomic E-state index is 12.8. The highest BCUT2D eigenvalue weighted by atomic mass is 16.6. The largest absolute Gasteiger partial charge is 0.492 e. The number of hydrogen-bond acceptors (Lipinski definition) is 13. The van der Waals surface area contributed by atoms with Gasteiger partial charge in [0.2, 0.25) is 0 Å². The van der Waals surface area contributed by atoms with E-state index in [4.69, 9.17) is 23.7 Å². The number of aryl methyl sites for hydroxylation is 3. The number of ether oxygens (including phenoxy) is 7. The standard InChI is InChI=1S/C59H78O13/c1-10-13-14-17-42-20-22-44(23-21-42)45-24-26-46(27-25-45)47-28-29-51(43(11-2)32-47)50-33-48(18-15-30-68-57(64)40(4)5)56(49(34-50)19-16-31-69-58(65)41(6)7)72-39-59(12-3,37-70-54(62)35-52(60)66-8)38-71-55(63)36-53(61)67-9/h24-29,32-34,42,44H,4,6,10-23,30-31,35-39H2,1-3,5,7-9H3. The number of carbonyl (C=O) groups is 6. The molecule has 0 aromatic heterocycles. The van der Waals surface area contributed by atoms with Gasteiger partial charge in [-0.15, -0.1) is 0 Å². The summed E-state index contributed by atoms with van der Waals surface area (Å²) in [4.78, 5) is 74.2. The summed E-state index contributed by atoms with van der Waals surface area (Å²) in [5.41, 5.74) is 7.79. The molecule has 0 radical (unpaired) electrons. The second-order valence-electron chi connectivity index (χ2n) is 19.2. The molecule has 0 unspecified atom stereocenters. The third-order valence-corrected chi connectivity index (χ3v) is 13.5. The Labute approximate surface area is 427 Å². The molecule has 1 saturated carbocycles. The molecule has 392 valence electrons. The molecule has 0 saturated heterocycles. The fraction of sp³-hybridized carbons (Fsp3) is 0.525. The van der Waals surface area contributed by atoms with Crippen molar-refractivity contribution in [3.63, 3.8) is 0 Å². The van der Waals surface area contributed by atoms with Gasteiger partial charge in [-0.05, 0) is 147 Å². The van der Waals surface area contributed by atoms with Crippen molar-refractivity contribution in [3.8, 4) is 28.0 Å². The van der Waals surface area contributed by atoms with Gasteiger partial charge >= 0.3 is 35.8 Å². The topological polar surface area (TPSA) is 167 Å². The lowest BCUT2D eigenvalue weighted by molar-refractivity contribution is -0.160. The van der Waals surface area contributed by atoms with Crippen LogP contribution in [0.3, 0.4) is 0 Å². The van der Waals surface area contributed by atoms with E-state index in [0.29, 0.717) is 37.4 Å². The van der Waals surface area contributed by atoms with Gasteiger partial charge in [-0.2, -0.15) is 0 Å². The molecule has 0 amide bonds. The van der Waals surface area contributed by atoms with Crippen LogP contribution in [0.1, 0.15) is 146 Å². The highest BCUT2D eigenvalue weighted by Crippen LogP contribution is 2.40. The van der Waals surface area contributed by atoms with Gasteiger partial charge in [0.15, 0.2) is 0 Å². The van der Waals surface area contributed by atoms with Crippen molar-refractivity contribution < 1.29 is 61.9 Å². The molecule has 0 N–H and O–H groups in total. The number of methoxy groups -OCH3 is 2. The Bertz CT molecular complexity index is 2230. The Morgan fingerprint density at radius 2 is 1.10 bits per heavy atom. The van der Waals surface area contributed by atoms with Crippen molar-refractivity contribution >= 4 is 35.8 Å². The van der Waals surface area contributed by atoms with Gasteiger partial charge in [0.1, 0.15) is 38.4 Å². The Balaban J connectivity index is 1.75. The first-order valence-electron chi connectivity index (χ1n) is 25.7. The molecule has 0 heterocycles. The lowest BCUT2D eigenvalue weighted by Crippen LogP contribution is -2.40. The minimum absolute atomic E-state index is 0.112. The quantitative estimate of drug-likeness (QED) is 0.0204. The molecule has 0 spiro atoms. The summed E-state index contributed by atoms with van der Waals surface area (Å²) in [6.07, 6.45) is 11.9. The summed E-state index contributed by atoms with van der Waals surface area (Å²) in [7, 11) is 2.32. The summed E-state index contributed by atoms with van der Waals surface area (Å²) in [5.74, 6) is -2.28. The summed E-state index contributed by atoms with van der Waals surface area (Å²) >= 11 is 0. The van der Waals surface area contributed by atoms with Gasteiger partial charge in [0, 0.05) is 11.1 Å². The molecule has 72 heavy (non-hydrogen) atoms. The smallest absolute Gasteiger partial charge is 0.333 e. The van der Waals surface area contributed by atoms with Gasteiger partial charge in [-0.3, -0.25) is 19.2 Å². The first kappa shape index (κ1) is 58.3. The first-order chi connectivity index (χ1) is 34.5. The molecule has 3 aromatic rings. The average molecular weight is 995 g/mol. The number of carbonyl (C=O) groups excluding carboxylic acids is 6. The van der Waals surface area contributed by atoms with Crippen molar-refractivity contribution in [1.29, 1.82) is 0 Å². The van der Waals surface area contributed by atoms with Gasteiger partial charge in [-0.1, -0.05) is 102 Å². The zero-order chi connectivity index (χ0) is 52.6. The molecule has 4 rings (SSSR count). The van der Waals surface area contributed by atoms with Crippen LogP contribution >= 0.6 is 0 Å². The van der Waals surface area contributed by atoms with Crippen molar-refractivity contribution in [3.05, 3.63) is 101 Å². The lowest BCUT2D eigenvalue weighted by atomic mass is 9.77. The van der Waals surface area contributed by atoms with Crippen LogP contribution in [0.2, 0.25) is 0 Å². The van der Waals surface area contributed by atoms with E-state index in [0.717, 1.165) is 65.5 Å². The molecule has 13 heteroatoms. The monoisotopic (exact) mass is 995 g/mol. The molecular formula is C59H78O13. The van der Waals surface area contributed by atoms with Gasteiger partial charge < -0.3 is 33.2 Å². The van der Waals surface area contributed by atoms with Crippen molar-refractivity contribution in [1.82, 2.24) is 0 Å². The van der Waals surface area contributed by atoms with E-state index in [1.807, 2.05) is 6.92 Å². The second-order valence-corrected chi connectivity index (χ2v) is 19.2. The Morgan fingerprint density at radius 1 is 0.583 bits per heavy atom. The molecule has 1 aliphatic carbocycles. The Hall–Kier alpha value is -6.24. The fourth-order valence-electron chi connectivity index (χ4n) is 8.94. The zero-order valence-corrected chi connectivity index (χ0v) is 43.9. The molecule has 3 aromatic carbocycles. The van der Waals surface area contributed by atoms with Crippen LogP contribution < -0.4 is 4.74 Å². The summed E-state index contributed by atoms with van der Waals surface area (Å²) in [5, 5.41) is 0. The van der Waals surface area contributed by atoms with Gasteiger partial charge in [0.25, 0.3) is 0 Å². The molecule has 13 nitrogen and oxygen atoms in total. The Kier molecular flexibility index (Phi) is 24.3. The molecule has 0 atom stereocenters. The fourth-order valence-corrected chi connectivity index (χ4v) is 8.94. The number of benzene rings is 3. The summed E-state index contributed by atoms with van der Waals surface area (Å²) in [6, 6.07) is 19.8. The van der Waals surface area contributed by atoms with E-state index in [9.17, 15) is 28.8 Å². The Morgan fingerprint density at radius 3 is 1.57 bits per heavy atom. The number of esters is 6. The van der Waals surface area contributed by atoms with Crippen LogP contribution in [0, 0.1) is 11.3 Å². The predicted molar refractivity (Wildman–Crippen MR) is 277 cm³/mol. The van der Waals surface area contributed by atoms with Crippen LogP contribution in [0.15, 0.2) is 78.9 Å². The second kappa shape index (κ2) is 29.9. The predicted octanol–water partition coefficient (Wildman–Crippen LogP) is 11.5. The molecule has 1 aliphatic rings. The number of hydrogen-bond donors (Lipinski definition) is 0. The van der Waals surface area contributed by atoms with Crippen LogP contribution in [0.25, 0.3) is 22.3 Å². The molecule has 1 fully saturated rings. The van der Waals surface area contributed by atoms with Crippen molar-refractivity contribution in [2.24, 2.45) is 11.3 Å². The molecule has 0 aliphatic heterocycles. The maximum Gasteiger partial charge on any atom is 0.333 e. The van der Waals surface area contributed by atoms with Crippen LogP contribution in [0.5, 0.6) is 5.75 Å². The van der Waals surface area contributed by atoms with E-state index >= 15 is 0 Å². The van der Waals surface area contributed by atoms with Crippen molar-refractivity contribution in [2.75, 3.05) is 47.3 Å². The third-order valence-electron chi connectivity index (χ3n) is 13.5. The molecule has 0 bridgehead atoms.